The van der Waals surface area contributed by atoms with Crippen LogP contribution in [0.5, 0.6) is 0 Å². The van der Waals surface area contributed by atoms with Crippen LogP contribution >= 0.6 is 12.1 Å². The lowest BCUT2D eigenvalue weighted by Crippen LogP contribution is -2.12. The number of amides is 1. The van der Waals surface area contributed by atoms with E-state index in [1.165, 1.54) is 6.92 Å². The van der Waals surface area contributed by atoms with Crippen molar-refractivity contribution < 1.29 is 4.79 Å². The molecular formula is C2H6N2OS. The van der Waals surface area contributed by atoms with Crippen LogP contribution in [-0.4, -0.2) is 5.91 Å². The summed E-state index contributed by atoms with van der Waals surface area (Å²) in [4.78, 5) is 9.83. The zero-order chi connectivity index (χ0) is 4.99. The van der Waals surface area contributed by atoms with Crippen molar-refractivity contribution in [3.63, 3.8) is 0 Å². The van der Waals surface area contributed by atoms with Gasteiger partial charge in [0.25, 0.3) is 0 Å². The summed E-state index contributed by atoms with van der Waals surface area (Å²) in [5, 5.41) is 4.81. The lowest BCUT2D eigenvalue weighted by molar-refractivity contribution is -0.117. The Balaban J connectivity index is 2.83. The fourth-order valence-electron chi connectivity index (χ4n) is 0.0830. The molecule has 0 unspecified atom stereocenters. The summed E-state index contributed by atoms with van der Waals surface area (Å²) >= 11 is 0.810. The molecule has 0 aliphatic heterocycles. The highest BCUT2D eigenvalue weighted by Gasteiger charge is 1.80. The molecule has 3 N–H and O–H groups in total. The molecule has 0 aromatic rings. The Hall–Kier alpha value is -0.220. The monoisotopic (exact) mass is 106 g/mol. The number of hydrogen-bond donors (Lipinski definition) is 2. The second-order valence-corrected chi connectivity index (χ2v) is 1.22. The lowest BCUT2D eigenvalue weighted by atomic mass is 10.8. The molecule has 4 heteroatoms. The van der Waals surface area contributed by atoms with Gasteiger partial charge in [-0.2, -0.15) is 0 Å². The van der Waals surface area contributed by atoms with Crippen molar-refractivity contribution in [3.05, 3.63) is 0 Å². The number of carbonyl (C=O) groups is 1. The van der Waals surface area contributed by atoms with Gasteiger partial charge in [-0.15, -0.1) is 0 Å². The van der Waals surface area contributed by atoms with E-state index in [1.807, 2.05) is 0 Å². The minimum atomic E-state index is -0.123. The Morgan fingerprint density at radius 1 is 2.00 bits per heavy atom. The van der Waals surface area contributed by atoms with Crippen molar-refractivity contribution in [2.24, 2.45) is 5.14 Å². The third-order valence-electron chi connectivity index (χ3n) is 0.203. The highest BCUT2D eigenvalue weighted by atomic mass is 32.2. The smallest absolute Gasteiger partial charge is 0.227 e. The Labute approximate surface area is 40.5 Å². The van der Waals surface area contributed by atoms with Crippen LogP contribution < -0.4 is 9.86 Å². The molecule has 0 heterocycles. The van der Waals surface area contributed by atoms with Gasteiger partial charge in [-0.1, -0.05) is 0 Å². The summed E-state index contributed by atoms with van der Waals surface area (Å²) < 4.78 is 2.26. The van der Waals surface area contributed by atoms with Gasteiger partial charge in [0.2, 0.25) is 5.91 Å². The number of carbonyl (C=O) groups excluding carboxylic acids is 1. The standard InChI is InChI=1S/C2H6N2OS/c1-2(5)4-6-3/h3H2,1H3,(H,4,5). The molecule has 0 radical (unpaired) electrons. The van der Waals surface area contributed by atoms with Gasteiger partial charge in [-0.05, 0) is 0 Å². The van der Waals surface area contributed by atoms with Gasteiger partial charge in [-0.3, -0.25) is 14.7 Å². The van der Waals surface area contributed by atoms with Crippen molar-refractivity contribution in [3.8, 4) is 0 Å². The highest BCUT2D eigenvalue weighted by Crippen LogP contribution is 1.70. The van der Waals surface area contributed by atoms with Gasteiger partial charge in [-0.25, -0.2) is 0 Å². The fourth-order valence-corrected chi connectivity index (χ4v) is 0.249. The Bertz CT molecular complexity index is 55.5. The van der Waals surface area contributed by atoms with E-state index in [4.69, 9.17) is 5.14 Å². The number of rotatable bonds is 1. The van der Waals surface area contributed by atoms with E-state index in [2.05, 4.69) is 4.72 Å². The van der Waals surface area contributed by atoms with Gasteiger partial charge >= 0.3 is 0 Å². The predicted octanol–water partition coefficient (Wildman–Crippen LogP) is -0.356. The maximum absolute atomic E-state index is 9.83. The number of nitrogens with two attached hydrogens (primary N) is 1. The average molecular weight is 106 g/mol. The summed E-state index contributed by atoms with van der Waals surface area (Å²) in [7, 11) is 0. The van der Waals surface area contributed by atoms with Crippen molar-refractivity contribution in [1.82, 2.24) is 4.72 Å². The summed E-state index contributed by atoms with van der Waals surface area (Å²) in [5.74, 6) is -0.123. The molecule has 0 spiro atoms. The second kappa shape index (κ2) is 2.99. The van der Waals surface area contributed by atoms with E-state index >= 15 is 0 Å². The molecule has 6 heavy (non-hydrogen) atoms. The summed E-state index contributed by atoms with van der Waals surface area (Å²) in [5.41, 5.74) is 0. The van der Waals surface area contributed by atoms with Crippen LogP contribution in [0.1, 0.15) is 6.92 Å². The summed E-state index contributed by atoms with van der Waals surface area (Å²) in [6.45, 7) is 1.40. The second-order valence-electron chi connectivity index (χ2n) is 0.776. The SMILES string of the molecule is CC(=O)NSN. The predicted molar refractivity (Wildman–Crippen MR) is 25.6 cm³/mol. The fraction of sp³-hybridized carbons (Fsp3) is 0.500. The van der Waals surface area contributed by atoms with Crippen LogP contribution in [-0.2, 0) is 4.79 Å². The van der Waals surface area contributed by atoms with Gasteiger partial charge in [0, 0.05) is 19.1 Å². The van der Waals surface area contributed by atoms with Crippen molar-refractivity contribution in [2.75, 3.05) is 0 Å². The van der Waals surface area contributed by atoms with E-state index in [-0.39, 0.29) is 5.91 Å². The summed E-state index contributed by atoms with van der Waals surface area (Å²) in [6.07, 6.45) is 0. The Kier molecular flexibility index (Phi) is 2.88. The lowest BCUT2D eigenvalue weighted by Gasteiger charge is -1.87. The largest absolute Gasteiger partial charge is 0.287 e. The van der Waals surface area contributed by atoms with Crippen molar-refractivity contribution >= 4 is 18.0 Å². The molecule has 36 valence electrons. The van der Waals surface area contributed by atoms with Crippen LogP contribution in [0.25, 0.3) is 0 Å². The minimum Gasteiger partial charge on any atom is -0.287 e. The Morgan fingerprint density at radius 3 is 2.50 bits per heavy atom. The molecule has 0 atom stereocenters. The van der Waals surface area contributed by atoms with Crippen LogP contribution in [0, 0.1) is 0 Å². The molecule has 3 nitrogen and oxygen atoms in total. The van der Waals surface area contributed by atoms with Gasteiger partial charge in [0.1, 0.15) is 0 Å². The maximum Gasteiger partial charge on any atom is 0.227 e. The molecule has 0 saturated heterocycles. The Morgan fingerprint density at radius 2 is 2.50 bits per heavy atom. The van der Waals surface area contributed by atoms with Gasteiger partial charge < -0.3 is 0 Å². The maximum atomic E-state index is 9.83. The third kappa shape index (κ3) is 3.78. The molecule has 0 bridgehead atoms. The van der Waals surface area contributed by atoms with Crippen molar-refractivity contribution in [1.29, 1.82) is 0 Å². The van der Waals surface area contributed by atoms with E-state index in [1.54, 1.807) is 0 Å². The van der Waals surface area contributed by atoms with Gasteiger partial charge in [0.05, 0.1) is 0 Å². The first-order valence-corrected chi connectivity index (χ1v) is 2.27. The number of hydrogen-bond acceptors (Lipinski definition) is 3. The highest BCUT2D eigenvalue weighted by molar-refractivity contribution is 7.95. The summed E-state index contributed by atoms with van der Waals surface area (Å²) in [6, 6.07) is 0. The quantitative estimate of drug-likeness (QED) is 0.449. The first-order chi connectivity index (χ1) is 2.77. The molecule has 0 fully saturated rings. The van der Waals surface area contributed by atoms with Crippen LogP contribution in [0.3, 0.4) is 0 Å². The molecule has 0 aliphatic carbocycles. The average Bonchev–Trinajstić information content (AvgIpc) is 1.35. The van der Waals surface area contributed by atoms with Crippen LogP contribution in [0.2, 0.25) is 0 Å². The van der Waals surface area contributed by atoms with Crippen LogP contribution in [0.4, 0.5) is 0 Å². The molecule has 0 aliphatic rings. The van der Waals surface area contributed by atoms with E-state index in [0.29, 0.717) is 0 Å². The minimum absolute atomic E-state index is 0.123. The first kappa shape index (κ1) is 5.78. The molecule has 0 saturated carbocycles. The van der Waals surface area contributed by atoms with E-state index < -0.39 is 0 Å². The van der Waals surface area contributed by atoms with E-state index in [9.17, 15) is 4.79 Å². The molecule has 0 aromatic carbocycles. The number of nitrogens with one attached hydrogen (secondary N) is 1. The molecule has 1 amide bonds. The third-order valence-corrected chi connectivity index (χ3v) is 0.608. The topological polar surface area (TPSA) is 55.1 Å². The molecular weight excluding hydrogens is 100 g/mol. The zero-order valence-corrected chi connectivity index (χ0v) is 4.21. The van der Waals surface area contributed by atoms with Crippen LogP contribution in [0.15, 0.2) is 0 Å². The van der Waals surface area contributed by atoms with Crippen molar-refractivity contribution in [2.45, 2.75) is 6.92 Å². The molecule has 0 rings (SSSR count). The zero-order valence-electron chi connectivity index (χ0n) is 3.39. The first-order valence-electron chi connectivity index (χ1n) is 1.39. The van der Waals surface area contributed by atoms with Gasteiger partial charge in [0.15, 0.2) is 0 Å². The molecule has 0 aromatic heterocycles. The van der Waals surface area contributed by atoms with E-state index in [0.717, 1.165) is 12.1 Å². The normalized spacial score (nSPS) is 7.67.